The van der Waals surface area contributed by atoms with E-state index in [0.717, 1.165) is 5.65 Å². The Morgan fingerprint density at radius 3 is 2.75 bits per heavy atom. The third-order valence-electron chi connectivity index (χ3n) is 2.83. The minimum atomic E-state index is -0.416. The zero-order chi connectivity index (χ0) is 14.1. The summed E-state index contributed by atoms with van der Waals surface area (Å²) < 4.78 is 15.2. The van der Waals surface area contributed by atoms with Crippen LogP contribution >= 0.6 is 11.6 Å². The maximum absolute atomic E-state index is 13.5. The molecule has 0 aliphatic rings. The number of hydrogen-bond acceptors (Lipinski definition) is 3. The smallest absolute Gasteiger partial charge is 0.182 e. The topological polar surface area (TPSA) is 42.0 Å². The van der Waals surface area contributed by atoms with Gasteiger partial charge in [-0.15, -0.1) is 10.2 Å². The van der Waals surface area contributed by atoms with E-state index in [2.05, 4.69) is 15.2 Å². The van der Waals surface area contributed by atoms with Crippen LogP contribution in [0.1, 0.15) is 5.69 Å². The Hall–Kier alpha value is -2.27. The van der Waals surface area contributed by atoms with Gasteiger partial charge in [0.05, 0.1) is 10.7 Å². The van der Waals surface area contributed by atoms with E-state index in [1.807, 2.05) is 6.92 Å². The molecular formula is C14H10ClFN4. The van der Waals surface area contributed by atoms with E-state index in [1.165, 1.54) is 6.07 Å². The molecule has 20 heavy (non-hydrogen) atoms. The number of halogens is 2. The molecule has 0 aliphatic carbocycles. The minimum Gasteiger partial charge on any atom is -0.281 e. The zero-order valence-corrected chi connectivity index (χ0v) is 11.3. The lowest BCUT2D eigenvalue weighted by atomic mass is 10.3. The molecule has 0 fully saturated rings. The van der Waals surface area contributed by atoms with E-state index in [-0.39, 0.29) is 5.69 Å². The predicted molar refractivity (Wildman–Crippen MR) is 75.5 cm³/mol. The fourth-order valence-corrected chi connectivity index (χ4v) is 2.04. The lowest BCUT2D eigenvalue weighted by molar-refractivity contribution is 0.628. The van der Waals surface area contributed by atoms with Crippen molar-refractivity contribution in [3.05, 3.63) is 59.1 Å². The van der Waals surface area contributed by atoms with Crippen LogP contribution in [0, 0.1) is 12.7 Å². The number of imidazole rings is 1. The Morgan fingerprint density at radius 2 is 1.95 bits per heavy atom. The number of hydrogen-bond donors (Lipinski definition) is 0. The van der Waals surface area contributed by atoms with Crippen LogP contribution in [0.5, 0.6) is 0 Å². The average Bonchev–Trinajstić information content (AvgIpc) is 2.73. The molecule has 6 heteroatoms. The van der Waals surface area contributed by atoms with Gasteiger partial charge < -0.3 is 0 Å². The fourth-order valence-electron chi connectivity index (χ4n) is 1.88. The van der Waals surface area contributed by atoms with Crippen LogP contribution in [0.3, 0.4) is 0 Å². The van der Waals surface area contributed by atoms with Crippen LogP contribution in [-0.2, 0) is 0 Å². The SMILES string of the molecule is Cc1nc2ccc(Cl)cn2c1N=Nc1ccccc1F. The van der Waals surface area contributed by atoms with Crippen molar-refractivity contribution in [1.82, 2.24) is 9.38 Å². The second kappa shape index (κ2) is 5.02. The second-order valence-electron chi connectivity index (χ2n) is 4.25. The van der Waals surface area contributed by atoms with Crippen molar-refractivity contribution >= 4 is 28.8 Å². The first kappa shape index (κ1) is 12.7. The van der Waals surface area contributed by atoms with Gasteiger partial charge in [-0.25, -0.2) is 9.37 Å². The highest BCUT2D eigenvalue weighted by molar-refractivity contribution is 6.30. The molecule has 0 saturated carbocycles. The van der Waals surface area contributed by atoms with Crippen molar-refractivity contribution in [2.45, 2.75) is 6.92 Å². The number of pyridine rings is 1. The molecule has 0 radical (unpaired) electrons. The Kier molecular flexibility index (Phi) is 3.20. The molecule has 3 rings (SSSR count). The van der Waals surface area contributed by atoms with Crippen LogP contribution in [0.25, 0.3) is 5.65 Å². The van der Waals surface area contributed by atoms with Crippen LogP contribution in [0.4, 0.5) is 15.9 Å². The van der Waals surface area contributed by atoms with Crippen LogP contribution in [0.2, 0.25) is 5.02 Å². The van der Waals surface area contributed by atoms with Gasteiger partial charge in [-0.3, -0.25) is 4.40 Å². The summed E-state index contributed by atoms with van der Waals surface area (Å²) in [6.07, 6.45) is 1.70. The number of azo groups is 1. The summed E-state index contributed by atoms with van der Waals surface area (Å²) in [5, 5.41) is 8.59. The highest BCUT2D eigenvalue weighted by atomic mass is 35.5. The van der Waals surface area contributed by atoms with Crippen molar-refractivity contribution in [1.29, 1.82) is 0 Å². The number of aryl methyl sites for hydroxylation is 1. The number of benzene rings is 1. The lowest BCUT2D eigenvalue weighted by Crippen LogP contribution is -1.82. The standard InChI is InChI=1S/C14H10ClFN4/c1-9-14(19-18-12-5-3-2-4-11(12)16)20-8-10(15)6-7-13(20)17-9/h2-8H,1H3. The quantitative estimate of drug-likeness (QED) is 0.621. The zero-order valence-electron chi connectivity index (χ0n) is 10.6. The van der Waals surface area contributed by atoms with Gasteiger partial charge in [0, 0.05) is 6.20 Å². The third kappa shape index (κ3) is 2.28. The van der Waals surface area contributed by atoms with E-state index in [9.17, 15) is 4.39 Å². The molecule has 0 bridgehead atoms. The Bertz CT molecular complexity index is 810. The summed E-state index contributed by atoms with van der Waals surface area (Å²) in [6, 6.07) is 9.75. The lowest BCUT2D eigenvalue weighted by Gasteiger charge is -1.97. The minimum absolute atomic E-state index is 0.184. The highest BCUT2D eigenvalue weighted by Gasteiger charge is 2.08. The number of fused-ring (bicyclic) bond motifs is 1. The van der Waals surface area contributed by atoms with Gasteiger partial charge in [-0.2, -0.15) is 0 Å². The van der Waals surface area contributed by atoms with E-state index >= 15 is 0 Å². The molecule has 0 aliphatic heterocycles. The molecule has 100 valence electrons. The molecule has 2 heterocycles. The first-order chi connectivity index (χ1) is 9.65. The van der Waals surface area contributed by atoms with E-state index in [0.29, 0.717) is 16.5 Å². The fraction of sp³-hybridized carbons (Fsp3) is 0.0714. The number of nitrogens with zero attached hydrogens (tertiary/aromatic N) is 4. The summed E-state index contributed by atoms with van der Waals surface area (Å²) >= 11 is 5.96. The molecule has 0 saturated heterocycles. The van der Waals surface area contributed by atoms with Gasteiger partial charge in [-0.05, 0) is 31.2 Å². The van der Waals surface area contributed by atoms with E-state index in [4.69, 9.17) is 11.6 Å². The predicted octanol–water partition coefficient (Wildman–Crippen LogP) is 4.85. The molecule has 0 N–H and O–H groups in total. The largest absolute Gasteiger partial charge is 0.281 e. The molecule has 0 atom stereocenters. The molecule has 4 nitrogen and oxygen atoms in total. The molecule has 0 amide bonds. The van der Waals surface area contributed by atoms with Gasteiger partial charge in [0.25, 0.3) is 0 Å². The molecule has 0 unspecified atom stereocenters. The molecule has 1 aromatic carbocycles. The summed E-state index contributed by atoms with van der Waals surface area (Å²) in [4.78, 5) is 4.35. The van der Waals surface area contributed by atoms with Crippen LogP contribution in [0.15, 0.2) is 52.8 Å². The molecule has 0 spiro atoms. The Balaban J connectivity index is 2.09. The van der Waals surface area contributed by atoms with Crippen molar-refractivity contribution in [3.8, 4) is 0 Å². The van der Waals surface area contributed by atoms with Gasteiger partial charge in [0.15, 0.2) is 11.6 Å². The molecule has 3 aromatic rings. The van der Waals surface area contributed by atoms with Crippen molar-refractivity contribution in [2.75, 3.05) is 0 Å². The first-order valence-electron chi connectivity index (χ1n) is 5.95. The second-order valence-corrected chi connectivity index (χ2v) is 4.68. The van der Waals surface area contributed by atoms with Crippen molar-refractivity contribution in [3.63, 3.8) is 0 Å². The monoisotopic (exact) mass is 288 g/mol. The number of aromatic nitrogens is 2. The average molecular weight is 289 g/mol. The maximum atomic E-state index is 13.5. The van der Waals surface area contributed by atoms with E-state index < -0.39 is 5.82 Å². The van der Waals surface area contributed by atoms with Gasteiger partial charge in [-0.1, -0.05) is 23.7 Å². The van der Waals surface area contributed by atoms with Gasteiger partial charge >= 0.3 is 0 Å². The highest BCUT2D eigenvalue weighted by Crippen LogP contribution is 2.25. The normalized spacial score (nSPS) is 11.6. The van der Waals surface area contributed by atoms with E-state index in [1.54, 1.807) is 40.9 Å². The summed E-state index contributed by atoms with van der Waals surface area (Å²) in [5.41, 5.74) is 1.60. The Morgan fingerprint density at radius 1 is 1.15 bits per heavy atom. The van der Waals surface area contributed by atoms with Gasteiger partial charge in [0.2, 0.25) is 0 Å². The molecule has 2 aromatic heterocycles. The summed E-state index contributed by atoms with van der Waals surface area (Å²) in [6.45, 7) is 1.82. The summed E-state index contributed by atoms with van der Waals surface area (Å²) in [5.74, 6) is 0.117. The first-order valence-corrected chi connectivity index (χ1v) is 6.33. The molecular weight excluding hydrogens is 279 g/mol. The third-order valence-corrected chi connectivity index (χ3v) is 3.05. The summed E-state index contributed by atoms with van der Waals surface area (Å²) in [7, 11) is 0. The Labute approximate surface area is 119 Å². The van der Waals surface area contributed by atoms with Crippen LogP contribution < -0.4 is 0 Å². The van der Waals surface area contributed by atoms with Gasteiger partial charge in [0.1, 0.15) is 11.3 Å². The van der Waals surface area contributed by atoms with Crippen molar-refractivity contribution in [2.24, 2.45) is 10.2 Å². The number of rotatable bonds is 2. The van der Waals surface area contributed by atoms with Crippen molar-refractivity contribution < 1.29 is 4.39 Å². The van der Waals surface area contributed by atoms with Crippen LogP contribution in [-0.4, -0.2) is 9.38 Å². The maximum Gasteiger partial charge on any atom is 0.182 e.